The van der Waals surface area contributed by atoms with Crippen molar-refractivity contribution in [1.29, 1.82) is 0 Å². The Balaban J connectivity index is 1.75. The standard InChI is InChI=1S/C17H21FN4O2/c1-11-5-12(3-4-15(11)18)7-22-8-13(6-17(23)24)14(9-22)16-10-21(2)20-19-16/h3-5,10,13-14H,6-9H2,1-2H3,(H,23,24)/t13-,14+/m0/s1. The molecule has 1 aromatic heterocycles. The first-order valence-corrected chi connectivity index (χ1v) is 7.97. The van der Waals surface area contributed by atoms with Crippen LogP contribution in [0.2, 0.25) is 0 Å². The average molecular weight is 332 g/mol. The molecule has 0 aliphatic carbocycles. The van der Waals surface area contributed by atoms with Gasteiger partial charge in [-0.15, -0.1) is 5.10 Å². The molecule has 6 nitrogen and oxygen atoms in total. The number of carboxylic acid groups (broad SMARTS) is 1. The normalized spacial score (nSPS) is 21.3. The highest BCUT2D eigenvalue weighted by Crippen LogP contribution is 2.34. The largest absolute Gasteiger partial charge is 0.481 e. The molecule has 24 heavy (non-hydrogen) atoms. The second-order valence-electron chi connectivity index (χ2n) is 6.56. The fourth-order valence-electron chi connectivity index (χ4n) is 3.45. The highest BCUT2D eigenvalue weighted by Gasteiger charge is 2.36. The van der Waals surface area contributed by atoms with Gasteiger partial charge in [0.05, 0.1) is 12.1 Å². The molecule has 0 saturated carbocycles. The van der Waals surface area contributed by atoms with Crippen molar-refractivity contribution in [2.75, 3.05) is 13.1 Å². The van der Waals surface area contributed by atoms with Crippen molar-refractivity contribution in [3.8, 4) is 0 Å². The van der Waals surface area contributed by atoms with E-state index in [-0.39, 0.29) is 24.1 Å². The molecule has 0 radical (unpaired) electrons. The fraction of sp³-hybridized carbons (Fsp3) is 0.471. The van der Waals surface area contributed by atoms with Crippen LogP contribution in [-0.4, -0.2) is 44.1 Å². The smallest absolute Gasteiger partial charge is 0.303 e. The zero-order chi connectivity index (χ0) is 17.3. The monoisotopic (exact) mass is 332 g/mol. The molecule has 7 heteroatoms. The second kappa shape index (κ2) is 6.68. The van der Waals surface area contributed by atoms with Crippen LogP contribution in [0.25, 0.3) is 0 Å². The van der Waals surface area contributed by atoms with Gasteiger partial charge in [-0.3, -0.25) is 14.4 Å². The minimum Gasteiger partial charge on any atom is -0.481 e. The Labute approximate surface area is 139 Å². The van der Waals surface area contributed by atoms with E-state index in [1.165, 1.54) is 6.07 Å². The minimum absolute atomic E-state index is 0.000690. The SMILES string of the molecule is Cc1cc(CN2C[C@H](CC(=O)O)[C@H](c3cn(C)nn3)C2)ccc1F. The number of likely N-dealkylation sites (tertiary alicyclic amines) is 1. The summed E-state index contributed by atoms with van der Waals surface area (Å²) >= 11 is 0. The Morgan fingerprint density at radius 1 is 1.42 bits per heavy atom. The van der Waals surface area contributed by atoms with Crippen LogP contribution in [-0.2, 0) is 18.4 Å². The van der Waals surface area contributed by atoms with E-state index in [4.69, 9.17) is 0 Å². The second-order valence-corrected chi connectivity index (χ2v) is 6.56. The van der Waals surface area contributed by atoms with E-state index in [0.717, 1.165) is 17.8 Å². The maximum Gasteiger partial charge on any atom is 0.303 e. The number of aliphatic carboxylic acids is 1. The fourth-order valence-corrected chi connectivity index (χ4v) is 3.45. The Morgan fingerprint density at radius 2 is 2.21 bits per heavy atom. The molecule has 0 amide bonds. The van der Waals surface area contributed by atoms with Crippen LogP contribution in [0.5, 0.6) is 0 Å². The Morgan fingerprint density at radius 3 is 2.83 bits per heavy atom. The van der Waals surface area contributed by atoms with Crippen molar-refractivity contribution in [3.05, 3.63) is 47.0 Å². The molecular formula is C17H21FN4O2. The van der Waals surface area contributed by atoms with Gasteiger partial charge in [0.1, 0.15) is 5.82 Å². The van der Waals surface area contributed by atoms with Gasteiger partial charge in [-0.2, -0.15) is 0 Å². The topological polar surface area (TPSA) is 71.2 Å². The van der Waals surface area contributed by atoms with E-state index in [1.54, 1.807) is 24.7 Å². The van der Waals surface area contributed by atoms with Crippen LogP contribution in [0.1, 0.15) is 29.2 Å². The van der Waals surface area contributed by atoms with Gasteiger partial charge < -0.3 is 5.11 Å². The summed E-state index contributed by atoms with van der Waals surface area (Å²) in [6.07, 6.45) is 1.96. The van der Waals surface area contributed by atoms with Crippen LogP contribution in [0, 0.1) is 18.7 Å². The molecule has 1 saturated heterocycles. The molecule has 2 heterocycles. The summed E-state index contributed by atoms with van der Waals surface area (Å²) in [6, 6.07) is 5.11. The number of aromatic nitrogens is 3. The van der Waals surface area contributed by atoms with Crippen molar-refractivity contribution in [2.45, 2.75) is 25.8 Å². The first kappa shape index (κ1) is 16.6. The number of rotatable bonds is 5. The number of carboxylic acids is 1. The molecule has 1 N–H and O–H groups in total. The summed E-state index contributed by atoms with van der Waals surface area (Å²) in [7, 11) is 1.80. The van der Waals surface area contributed by atoms with Gasteiger partial charge >= 0.3 is 5.97 Å². The number of aryl methyl sites for hydroxylation is 2. The minimum atomic E-state index is -0.798. The zero-order valence-corrected chi connectivity index (χ0v) is 13.8. The number of hydrogen-bond acceptors (Lipinski definition) is 4. The number of hydrogen-bond donors (Lipinski definition) is 1. The molecular weight excluding hydrogens is 311 g/mol. The summed E-state index contributed by atoms with van der Waals surface area (Å²) in [5, 5.41) is 17.3. The van der Waals surface area contributed by atoms with E-state index < -0.39 is 5.97 Å². The molecule has 1 aliphatic rings. The highest BCUT2D eigenvalue weighted by molar-refractivity contribution is 5.67. The van der Waals surface area contributed by atoms with Gasteiger partial charge in [0.25, 0.3) is 0 Å². The summed E-state index contributed by atoms with van der Waals surface area (Å²) in [5.74, 6) is -0.952. The van der Waals surface area contributed by atoms with Crippen LogP contribution in [0.15, 0.2) is 24.4 Å². The maximum absolute atomic E-state index is 13.4. The molecule has 2 atom stereocenters. The third-order valence-electron chi connectivity index (χ3n) is 4.58. The molecule has 0 spiro atoms. The van der Waals surface area contributed by atoms with Crippen molar-refractivity contribution >= 4 is 5.97 Å². The Bertz CT molecular complexity index is 746. The number of halogens is 1. The number of benzene rings is 1. The van der Waals surface area contributed by atoms with Gasteiger partial charge in [-0.25, -0.2) is 4.39 Å². The molecule has 1 aliphatic heterocycles. The van der Waals surface area contributed by atoms with E-state index >= 15 is 0 Å². The van der Waals surface area contributed by atoms with Gasteiger partial charge in [-0.1, -0.05) is 17.3 Å². The van der Waals surface area contributed by atoms with Crippen molar-refractivity contribution in [3.63, 3.8) is 0 Å². The summed E-state index contributed by atoms with van der Waals surface area (Å²) in [5.41, 5.74) is 2.49. The van der Waals surface area contributed by atoms with E-state index in [1.807, 2.05) is 12.3 Å². The maximum atomic E-state index is 13.4. The molecule has 0 bridgehead atoms. The predicted molar refractivity (Wildman–Crippen MR) is 85.9 cm³/mol. The summed E-state index contributed by atoms with van der Waals surface area (Å²) in [4.78, 5) is 13.4. The lowest BCUT2D eigenvalue weighted by Gasteiger charge is -2.16. The average Bonchev–Trinajstić information content (AvgIpc) is 3.09. The van der Waals surface area contributed by atoms with Crippen molar-refractivity contribution in [1.82, 2.24) is 19.9 Å². The molecule has 0 unspecified atom stereocenters. The van der Waals surface area contributed by atoms with Gasteiger partial charge in [0.2, 0.25) is 0 Å². The van der Waals surface area contributed by atoms with Gasteiger partial charge in [-0.05, 0) is 30.0 Å². The van der Waals surface area contributed by atoms with E-state index in [0.29, 0.717) is 18.7 Å². The van der Waals surface area contributed by atoms with Crippen LogP contribution in [0.4, 0.5) is 4.39 Å². The third-order valence-corrected chi connectivity index (χ3v) is 4.58. The lowest BCUT2D eigenvalue weighted by molar-refractivity contribution is -0.138. The summed E-state index contributed by atoms with van der Waals surface area (Å²) < 4.78 is 15.0. The van der Waals surface area contributed by atoms with E-state index in [2.05, 4.69) is 15.2 Å². The van der Waals surface area contributed by atoms with Crippen LogP contribution in [0.3, 0.4) is 0 Å². The molecule has 1 aromatic carbocycles. The van der Waals surface area contributed by atoms with Gasteiger partial charge in [0.15, 0.2) is 0 Å². The quantitative estimate of drug-likeness (QED) is 0.906. The predicted octanol–water partition coefficient (Wildman–Crippen LogP) is 1.95. The molecule has 3 rings (SSSR count). The third kappa shape index (κ3) is 3.62. The lowest BCUT2D eigenvalue weighted by Crippen LogP contribution is -2.21. The van der Waals surface area contributed by atoms with Crippen molar-refractivity contribution in [2.24, 2.45) is 13.0 Å². The highest BCUT2D eigenvalue weighted by atomic mass is 19.1. The lowest BCUT2D eigenvalue weighted by atomic mass is 9.91. The molecule has 1 fully saturated rings. The summed E-state index contributed by atoms with van der Waals surface area (Å²) in [6.45, 7) is 3.84. The molecule has 2 aromatic rings. The Hall–Kier alpha value is -2.28. The first-order chi connectivity index (χ1) is 11.4. The molecule has 128 valence electrons. The number of nitrogens with zero attached hydrogens (tertiary/aromatic N) is 4. The first-order valence-electron chi connectivity index (χ1n) is 7.97. The zero-order valence-electron chi connectivity index (χ0n) is 13.8. The van der Waals surface area contributed by atoms with Crippen LogP contribution < -0.4 is 0 Å². The van der Waals surface area contributed by atoms with E-state index in [9.17, 15) is 14.3 Å². The van der Waals surface area contributed by atoms with Crippen LogP contribution >= 0.6 is 0 Å². The van der Waals surface area contributed by atoms with Gasteiger partial charge in [0, 0.05) is 38.8 Å². The number of carbonyl (C=O) groups is 1. The van der Waals surface area contributed by atoms with Crippen molar-refractivity contribution < 1.29 is 14.3 Å². The Kier molecular flexibility index (Phi) is 4.62.